The van der Waals surface area contributed by atoms with Crippen LogP contribution in [-0.2, 0) is 0 Å². The number of hydrogen-bond acceptors (Lipinski definition) is 2. The number of benzene rings is 1. The molecule has 0 radical (unpaired) electrons. The summed E-state index contributed by atoms with van der Waals surface area (Å²) in [5, 5.41) is 0. The predicted octanol–water partition coefficient (Wildman–Crippen LogP) is 2.88. The van der Waals surface area contributed by atoms with E-state index in [0.29, 0.717) is 6.17 Å². The fraction of sp³-hybridized carbons (Fsp3) is 0.600. The molecule has 2 nitrogen and oxygen atoms in total. The van der Waals surface area contributed by atoms with Crippen molar-refractivity contribution in [3.8, 4) is 0 Å². The highest BCUT2D eigenvalue weighted by atomic mass is 15.4. The predicted molar refractivity (Wildman–Crippen MR) is 70.8 cm³/mol. The Bertz CT molecular complexity index is 321. The maximum absolute atomic E-state index is 2.67. The molecule has 0 spiro atoms. The van der Waals surface area contributed by atoms with Crippen LogP contribution in [0.15, 0.2) is 30.3 Å². The number of likely N-dealkylation sites (tertiary alicyclic amines) is 2. The minimum Gasteiger partial charge on any atom is -0.284 e. The lowest BCUT2D eigenvalue weighted by atomic mass is 10.1. The van der Waals surface area contributed by atoms with Gasteiger partial charge in [-0.1, -0.05) is 30.3 Å². The van der Waals surface area contributed by atoms with Gasteiger partial charge in [-0.05, 0) is 57.4 Å². The minimum atomic E-state index is 0.543. The zero-order valence-corrected chi connectivity index (χ0v) is 10.5. The lowest BCUT2D eigenvalue weighted by molar-refractivity contribution is 0.0792. The molecule has 0 unspecified atom stereocenters. The maximum atomic E-state index is 2.67. The van der Waals surface area contributed by atoms with E-state index in [1.54, 1.807) is 0 Å². The molecule has 2 aliphatic rings. The first kappa shape index (κ1) is 11.2. The molecule has 0 N–H and O–H groups in total. The Morgan fingerprint density at radius 3 is 1.65 bits per heavy atom. The second-order valence-electron chi connectivity index (χ2n) is 5.27. The van der Waals surface area contributed by atoms with Gasteiger partial charge >= 0.3 is 0 Å². The van der Waals surface area contributed by atoms with Crippen molar-refractivity contribution in [3.63, 3.8) is 0 Å². The number of hydrogen-bond donors (Lipinski definition) is 0. The monoisotopic (exact) mass is 230 g/mol. The van der Waals surface area contributed by atoms with Gasteiger partial charge in [-0.2, -0.15) is 0 Å². The van der Waals surface area contributed by atoms with Crippen LogP contribution in [0, 0.1) is 0 Å². The molecule has 2 saturated heterocycles. The molecule has 0 saturated carbocycles. The van der Waals surface area contributed by atoms with Gasteiger partial charge < -0.3 is 0 Å². The van der Waals surface area contributed by atoms with Gasteiger partial charge in [0.25, 0.3) is 0 Å². The fourth-order valence-corrected chi connectivity index (χ4v) is 3.25. The summed E-state index contributed by atoms with van der Waals surface area (Å²) in [4.78, 5) is 5.33. The van der Waals surface area contributed by atoms with Crippen molar-refractivity contribution in [2.75, 3.05) is 26.2 Å². The molecule has 17 heavy (non-hydrogen) atoms. The van der Waals surface area contributed by atoms with Crippen LogP contribution in [0.4, 0.5) is 0 Å². The number of rotatable bonds is 3. The number of nitrogens with zero attached hydrogens (tertiary/aromatic N) is 2. The Balaban J connectivity index is 1.84. The van der Waals surface area contributed by atoms with Gasteiger partial charge in [0.15, 0.2) is 0 Å². The SMILES string of the molecule is c1ccc(C(N2CCCC2)N2CCCC2)cc1. The van der Waals surface area contributed by atoms with Crippen LogP contribution in [-0.4, -0.2) is 36.0 Å². The lowest BCUT2D eigenvalue weighted by Gasteiger charge is -2.35. The van der Waals surface area contributed by atoms with Gasteiger partial charge in [0.05, 0.1) is 6.17 Å². The molecule has 0 amide bonds. The molecule has 2 heteroatoms. The molecule has 2 fully saturated rings. The topological polar surface area (TPSA) is 6.48 Å². The molecule has 3 rings (SSSR count). The smallest absolute Gasteiger partial charge is 0.0886 e. The standard InChI is InChI=1S/C15H22N2/c1-2-8-14(9-3-1)15(16-10-4-5-11-16)17-12-6-7-13-17/h1-3,8-9,15H,4-7,10-13H2. The first-order valence-corrected chi connectivity index (χ1v) is 6.98. The van der Waals surface area contributed by atoms with Gasteiger partial charge in [-0.25, -0.2) is 0 Å². The van der Waals surface area contributed by atoms with Crippen LogP contribution in [0.3, 0.4) is 0 Å². The van der Waals surface area contributed by atoms with Crippen molar-refractivity contribution >= 4 is 0 Å². The van der Waals surface area contributed by atoms with Gasteiger partial charge in [0.2, 0.25) is 0 Å². The molecular formula is C15H22N2. The molecule has 2 heterocycles. The van der Waals surface area contributed by atoms with Crippen LogP contribution in [0.25, 0.3) is 0 Å². The summed E-state index contributed by atoms with van der Waals surface area (Å²) in [6.07, 6.45) is 6.03. The van der Waals surface area contributed by atoms with Crippen LogP contribution < -0.4 is 0 Å². The highest BCUT2D eigenvalue weighted by Crippen LogP contribution is 2.30. The largest absolute Gasteiger partial charge is 0.284 e. The van der Waals surface area contributed by atoms with E-state index in [2.05, 4.69) is 40.1 Å². The van der Waals surface area contributed by atoms with E-state index in [0.717, 1.165) is 0 Å². The molecule has 1 aromatic carbocycles. The first-order chi connectivity index (χ1) is 8.45. The summed E-state index contributed by atoms with van der Waals surface area (Å²) < 4.78 is 0. The summed E-state index contributed by atoms with van der Waals surface area (Å²) in [5.74, 6) is 0. The molecule has 0 aromatic heterocycles. The van der Waals surface area contributed by atoms with E-state index < -0.39 is 0 Å². The van der Waals surface area contributed by atoms with Crippen LogP contribution >= 0.6 is 0 Å². The van der Waals surface area contributed by atoms with Crippen LogP contribution in [0.5, 0.6) is 0 Å². The van der Waals surface area contributed by atoms with E-state index in [1.807, 2.05) is 0 Å². The third-order valence-corrected chi connectivity index (χ3v) is 4.07. The normalized spacial score (nSPS) is 22.6. The van der Waals surface area contributed by atoms with E-state index >= 15 is 0 Å². The van der Waals surface area contributed by atoms with E-state index in [1.165, 1.54) is 57.4 Å². The Kier molecular flexibility index (Phi) is 3.44. The van der Waals surface area contributed by atoms with E-state index in [4.69, 9.17) is 0 Å². The van der Waals surface area contributed by atoms with Crippen molar-refractivity contribution in [1.82, 2.24) is 9.80 Å². The summed E-state index contributed by atoms with van der Waals surface area (Å²) in [5.41, 5.74) is 1.48. The second-order valence-corrected chi connectivity index (χ2v) is 5.27. The van der Waals surface area contributed by atoms with E-state index in [9.17, 15) is 0 Å². The Morgan fingerprint density at radius 1 is 0.706 bits per heavy atom. The average Bonchev–Trinajstić information content (AvgIpc) is 3.04. The Hall–Kier alpha value is -0.860. The van der Waals surface area contributed by atoms with Gasteiger partial charge in [-0.3, -0.25) is 9.80 Å². The van der Waals surface area contributed by atoms with Crippen LogP contribution in [0.1, 0.15) is 37.4 Å². The summed E-state index contributed by atoms with van der Waals surface area (Å²) >= 11 is 0. The van der Waals surface area contributed by atoms with Gasteiger partial charge in [-0.15, -0.1) is 0 Å². The van der Waals surface area contributed by atoms with Gasteiger partial charge in [0, 0.05) is 0 Å². The van der Waals surface area contributed by atoms with Crippen molar-refractivity contribution in [3.05, 3.63) is 35.9 Å². The van der Waals surface area contributed by atoms with Gasteiger partial charge in [0.1, 0.15) is 0 Å². The molecule has 0 aliphatic carbocycles. The Morgan fingerprint density at radius 2 is 1.18 bits per heavy atom. The molecule has 1 aromatic rings. The van der Waals surface area contributed by atoms with Crippen molar-refractivity contribution in [1.29, 1.82) is 0 Å². The fourth-order valence-electron chi connectivity index (χ4n) is 3.25. The third kappa shape index (κ3) is 2.38. The summed E-state index contributed by atoms with van der Waals surface area (Å²) in [7, 11) is 0. The quantitative estimate of drug-likeness (QED) is 0.788. The second kappa shape index (κ2) is 5.19. The summed E-state index contributed by atoms with van der Waals surface area (Å²) in [6, 6.07) is 11.1. The zero-order chi connectivity index (χ0) is 11.5. The lowest BCUT2D eigenvalue weighted by Crippen LogP contribution is -2.38. The molecule has 2 aliphatic heterocycles. The molecule has 0 bridgehead atoms. The molecular weight excluding hydrogens is 208 g/mol. The first-order valence-electron chi connectivity index (χ1n) is 6.98. The Labute approximate surface area is 104 Å². The van der Waals surface area contributed by atoms with Crippen molar-refractivity contribution in [2.45, 2.75) is 31.8 Å². The van der Waals surface area contributed by atoms with Crippen LogP contribution in [0.2, 0.25) is 0 Å². The summed E-state index contributed by atoms with van der Waals surface area (Å²) in [6.45, 7) is 5.10. The molecule has 0 atom stereocenters. The minimum absolute atomic E-state index is 0.543. The van der Waals surface area contributed by atoms with Crippen molar-refractivity contribution < 1.29 is 0 Å². The highest BCUT2D eigenvalue weighted by molar-refractivity contribution is 5.19. The third-order valence-electron chi connectivity index (χ3n) is 4.07. The van der Waals surface area contributed by atoms with Crippen molar-refractivity contribution in [2.24, 2.45) is 0 Å². The van der Waals surface area contributed by atoms with E-state index in [-0.39, 0.29) is 0 Å². The zero-order valence-electron chi connectivity index (χ0n) is 10.5. The maximum Gasteiger partial charge on any atom is 0.0886 e. The highest BCUT2D eigenvalue weighted by Gasteiger charge is 2.30. The average molecular weight is 230 g/mol. The molecule has 92 valence electrons.